The molecule has 0 fully saturated rings. The molecule has 0 unspecified atom stereocenters. The lowest BCUT2D eigenvalue weighted by Gasteiger charge is -2.14. The van der Waals surface area contributed by atoms with Gasteiger partial charge in [0.25, 0.3) is 0 Å². The summed E-state index contributed by atoms with van der Waals surface area (Å²) in [6.45, 7) is 1.72. The van der Waals surface area contributed by atoms with E-state index in [9.17, 15) is 5.11 Å². The Hall–Kier alpha value is -0.130. The molecule has 0 saturated heterocycles. The van der Waals surface area contributed by atoms with Gasteiger partial charge in [-0.2, -0.15) is 0 Å². The average molecular weight is 291 g/mol. The van der Waals surface area contributed by atoms with Crippen LogP contribution in [0.4, 0.5) is 0 Å². The van der Waals surface area contributed by atoms with Crippen LogP contribution in [0.3, 0.4) is 0 Å². The maximum atomic E-state index is 9.22. The van der Waals surface area contributed by atoms with Gasteiger partial charge in [-0.25, -0.2) is 0 Å². The van der Waals surface area contributed by atoms with E-state index in [0.717, 1.165) is 6.42 Å². The van der Waals surface area contributed by atoms with Crippen LogP contribution in [-0.4, -0.2) is 17.3 Å². The number of halogens is 1. The minimum absolute atomic E-state index is 0.168. The van der Waals surface area contributed by atoms with Gasteiger partial charge in [0.2, 0.25) is 0 Å². The van der Waals surface area contributed by atoms with E-state index >= 15 is 0 Å². The lowest BCUT2D eigenvalue weighted by atomic mass is 10.0. The van der Waals surface area contributed by atoms with E-state index in [1.54, 1.807) is 6.92 Å². The largest absolute Gasteiger partial charge is 0.392 e. The van der Waals surface area contributed by atoms with Crippen molar-refractivity contribution in [3.63, 3.8) is 0 Å². The second-order valence-electron chi connectivity index (χ2n) is 3.24. The van der Waals surface area contributed by atoms with Crippen LogP contribution in [0.5, 0.6) is 0 Å². The number of hydrogen-bond acceptors (Lipinski definition) is 2. The first-order valence-electron chi connectivity index (χ1n) is 4.27. The van der Waals surface area contributed by atoms with Crippen LogP contribution in [0.25, 0.3) is 0 Å². The summed E-state index contributed by atoms with van der Waals surface area (Å²) in [5.41, 5.74) is 6.93. The fourth-order valence-corrected chi connectivity index (χ4v) is 1.71. The summed E-state index contributed by atoms with van der Waals surface area (Å²) in [5.74, 6) is 0. The predicted octanol–water partition coefficient (Wildman–Crippen LogP) is 1.54. The van der Waals surface area contributed by atoms with Crippen molar-refractivity contribution >= 4 is 22.6 Å². The number of hydrogen-bond donors (Lipinski definition) is 2. The minimum Gasteiger partial charge on any atom is -0.392 e. The predicted molar refractivity (Wildman–Crippen MR) is 62.5 cm³/mol. The topological polar surface area (TPSA) is 46.2 Å². The van der Waals surface area contributed by atoms with Crippen molar-refractivity contribution in [3.05, 3.63) is 33.4 Å². The summed E-state index contributed by atoms with van der Waals surface area (Å²) < 4.78 is 1.20. The Labute approximate surface area is 92.3 Å². The smallest absolute Gasteiger partial charge is 0.0666 e. The van der Waals surface area contributed by atoms with Gasteiger partial charge in [-0.15, -0.1) is 0 Å². The van der Waals surface area contributed by atoms with E-state index < -0.39 is 6.10 Å². The molecule has 2 nitrogen and oxygen atoms in total. The normalized spacial score (nSPS) is 15.4. The molecule has 0 heterocycles. The van der Waals surface area contributed by atoms with Crippen LogP contribution in [0.2, 0.25) is 0 Å². The summed E-state index contributed by atoms with van der Waals surface area (Å²) in [6, 6.07) is 8.00. The Morgan fingerprint density at radius 1 is 1.54 bits per heavy atom. The molecule has 0 saturated carbocycles. The number of benzene rings is 1. The molecule has 0 aromatic heterocycles. The van der Waals surface area contributed by atoms with Crippen LogP contribution in [0.15, 0.2) is 24.3 Å². The molecule has 0 radical (unpaired) electrons. The van der Waals surface area contributed by atoms with Gasteiger partial charge in [0.1, 0.15) is 0 Å². The van der Waals surface area contributed by atoms with Crippen LogP contribution in [0.1, 0.15) is 12.5 Å². The first-order valence-corrected chi connectivity index (χ1v) is 5.35. The molecule has 72 valence electrons. The minimum atomic E-state index is -0.446. The zero-order valence-corrected chi connectivity index (χ0v) is 9.73. The van der Waals surface area contributed by atoms with Gasteiger partial charge in [0, 0.05) is 9.61 Å². The van der Waals surface area contributed by atoms with Gasteiger partial charge in [-0.05, 0) is 53.6 Å². The highest BCUT2D eigenvalue weighted by molar-refractivity contribution is 14.1. The van der Waals surface area contributed by atoms with Crippen LogP contribution in [0, 0.1) is 3.57 Å². The molecule has 1 aromatic rings. The Balaban J connectivity index is 2.64. The Morgan fingerprint density at radius 3 is 2.77 bits per heavy atom. The highest BCUT2D eigenvalue weighted by Crippen LogP contribution is 2.10. The molecule has 0 aliphatic carbocycles. The van der Waals surface area contributed by atoms with Gasteiger partial charge in [0.15, 0.2) is 0 Å². The van der Waals surface area contributed by atoms with Crippen molar-refractivity contribution in [2.45, 2.75) is 25.5 Å². The molecule has 0 spiro atoms. The molecule has 1 aromatic carbocycles. The van der Waals surface area contributed by atoms with Crippen molar-refractivity contribution in [2.24, 2.45) is 5.73 Å². The molecule has 1 rings (SSSR count). The highest BCUT2D eigenvalue weighted by Gasteiger charge is 2.09. The molecule has 2 atom stereocenters. The van der Waals surface area contributed by atoms with E-state index in [0.29, 0.717) is 0 Å². The van der Waals surface area contributed by atoms with Gasteiger partial charge in [0.05, 0.1) is 6.10 Å². The van der Waals surface area contributed by atoms with Crippen LogP contribution in [-0.2, 0) is 6.42 Å². The highest BCUT2D eigenvalue weighted by atomic mass is 127. The lowest BCUT2D eigenvalue weighted by Crippen LogP contribution is -2.34. The third-order valence-corrected chi connectivity index (χ3v) is 2.65. The third kappa shape index (κ3) is 3.62. The SMILES string of the molecule is C[C@@H](O)[C@H](N)Cc1cccc(I)c1. The summed E-state index contributed by atoms with van der Waals surface area (Å²) >= 11 is 2.27. The number of aliphatic hydroxyl groups excluding tert-OH is 1. The monoisotopic (exact) mass is 291 g/mol. The molecule has 3 heteroatoms. The van der Waals surface area contributed by atoms with Crippen molar-refractivity contribution in [3.8, 4) is 0 Å². The molecule has 0 amide bonds. The number of nitrogens with two attached hydrogens (primary N) is 1. The molecule has 13 heavy (non-hydrogen) atoms. The molecule has 0 aliphatic heterocycles. The molecule has 3 N–H and O–H groups in total. The summed E-state index contributed by atoms with van der Waals surface area (Å²) in [6.07, 6.45) is 0.284. The summed E-state index contributed by atoms with van der Waals surface area (Å²) in [5, 5.41) is 9.22. The fourth-order valence-electron chi connectivity index (χ4n) is 1.11. The Bertz CT molecular complexity index is 275. The second kappa shape index (κ2) is 4.93. The number of rotatable bonds is 3. The first-order chi connectivity index (χ1) is 6.09. The van der Waals surface area contributed by atoms with E-state index in [1.807, 2.05) is 18.2 Å². The second-order valence-corrected chi connectivity index (χ2v) is 4.48. The maximum absolute atomic E-state index is 9.22. The van der Waals surface area contributed by atoms with Gasteiger partial charge < -0.3 is 10.8 Å². The first kappa shape index (κ1) is 10.9. The zero-order valence-electron chi connectivity index (χ0n) is 7.57. The third-order valence-electron chi connectivity index (χ3n) is 1.98. The van der Waals surface area contributed by atoms with E-state index in [2.05, 4.69) is 28.7 Å². The van der Waals surface area contributed by atoms with Gasteiger partial charge in [-0.3, -0.25) is 0 Å². The van der Waals surface area contributed by atoms with E-state index in [-0.39, 0.29) is 6.04 Å². The van der Waals surface area contributed by atoms with Crippen molar-refractivity contribution in [1.82, 2.24) is 0 Å². The Kier molecular flexibility index (Phi) is 4.15. The fraction of sp³-hybridized carbons (Fsp3) is 0.400. The molecule has 0 aliphatic rings. The number of aliphatic hydroxyl groups is 1. The van der Waals surface area contributed by atoms with Crippen molar-refractivity contribution in [1.29, 1.82) is 0 Å². The van der Waals surface area contributed by atoms with E-state index in [1.165, 1.54) is 9.13 Å². The standard InChI is InChI=1S/C10H14INO/c1-7(13)10(12)6-8-3-2-4-9(11)5-8/h2-5,7,10,13H,6,12H2,1H3/t7-,10-/m1/s1. The zero-order chi connectivity index (χ0) is 9.84. The molecular weight excluding hydrogens is 277 g/mol. The van der Waals surface area contributed by atoms with Crippen molar-refractivity contribution in [2.75, 3.05) is 0 Å². The Morgan fingerprint density at radius 2 is 2.23 bits per heavy atom. The lowest BCUT2D eigenvalue weighted by molar-refractivity contribution is 0.163. The van der Waals surface area contributed by atoms with E-state index in [4.69, 9.17) is 5.73 Å². The van der Waals surface area contributed by atoms with Gasteiger partial charge >= 0.3 is 0 Å². The molecular formula is C10H14INO. The average Bonchev–Trinajstić information content (AvgIpc) is 2.04. The molecule has 0 bridgehead atoms. The van der Waals surface area contributed by atoms with Gasteiger partial charge in [-0.1, -0.05) is 12.1 Å². The quantitative estimate of drug-likeness (QED) is 0.830. The van der Waals surface area contributed by atoms with Crippen LogP contribution < -0.4 is 5.73 Å². The van der Waals surface area contributed by atoms with Crippen molar-refractivity contribution < 1.29 is 5.11 Å². The maximum Gasteiger partial charge on any atom is 0.0666 e. The van der Waals surface area contributed by atoms with Crippen LogP contribution >= 0.6 is 22.6 Å². The summed E-state index contributed by atoms with van der Waals surface area (Å²) in [4.78, 5) is 0. The summed E-state index contributed by atoms with van der Waals surface area (Å²) in [7, 11) is 0.